The van der Waals surface area contributed by atoms with Crippen LogP contribution in [0.4, 0.5) is 13.2 Å². The number of hydrogen-bond donors (Lipinski definition) is 1. The molecule has 1 aromatic carbocycles. The minimum Gasteiger partial charge on any atom is -0.379 e. The summed E-state index contributed by atoms with van der Waals surface area (Å²) >= 11 is 0. The Morgan fingerprint density at radius 1 is 0.756 bits per heavy atom. The van der Waals surface area contributed by atoms with Crippen LogP contribution >= 0.6 is 0 Å². The number of alkyl halides is 3. The molecule has 0 bridgehead atoms. The summed E-state index contributed by atoms with van der Waals surface area (Å²) in [5.41, 5.74) is 1.43. The number of morpholine rings is 1. The van der Waals surface area contributed by atoms with Crippen LogP contribution in [0.15, 0.2) is 23.0 Å². The van der Waals surface area contributed by atoms with Crippen molar-refractivity contribution in [2.24, 2.45) is 0 Å². The second-order valence-electron chi connectivity index (χ2n) is 13.0. The van der Waals surface area contributed by atoms with E-state index in [1.165, 1.54) is 84.3 Å². The molecule has 0 radical (unpaired) electrons. The topological polar surface area (TPSA) is 56.7 Å². The molecule has 10 heteroatoms. The molecule has 3 aromatic rings. The van der Waals surface area contributed by atoms with Crippen LogP contribution in [0.2, 0.25) is 0 Å². The number of H-pyrrole nitrogens is 1. The second-order valence-corrected chi connectivity index (χ2v) is 13.0. The second kappa shape index (κ2) is 15.9. The molecule has 0 saturated carbocycles. The van der Waals surface area contributed by atoms with Gasteiger partial charge in [0.05, 0.1) is 18.8 Å². The first-order chi connectivity index (χ1) is 21.8. The SMILES string of the molecule is CCc1c(C)c2c3c(C(F)(F)F)cc(=O)[nH]c3ccc2n1CCCCCCCCCN1CCN(CCCN2CCOCC2)CC1. The third-order valence-electron chi connectivity index (χ3n) is 9.92. The van der Waals surface area contributed by atoms with Crippen molar-refractivity contribution in [3.05, 3.63) is 45.4 Å². The third kappa shape index (κ3) is 8.70. The normalized spacial score (nSPS) is 17.6. The lowest BCUT2D eigenvalue weighted by atomic mass is 10.0. The van der Waals surface area contributed by atoms with Gasteiger partial charge in [-0.05, 0) is 69.9 Å². The first-order valence-corrected chi connectivity index (χ1v) is 17.3. The number of ether oxygens (including phenoxy) is 1. The van der Waals surface area contributed by atoms with Gasteiger partial charge in [0.15, 0.2) is 0 Å². The van der Waals surface area contributed by atoms with Gasteiger partial charge in [0, 0.05) is 79.4 Å². The van der Waals surface area contributed by atoms with Gasteiger partial charge in [0.1, 0.15) is 0 Å². The first kappa shape index (κ1) is 33.9. The molecule has 0 atom stereocenters. The molecule has 1 N–H and O–H groups in total. The Kier molecular flexibility index (Phi) is 12.0. The van der Waals surface area contributed by atoms with Gasteiger partial charge < -0.3 is 24.1 Å². The number of piperazine rings is 1. The van der Waals surface area contributed by atoms with E-state index in [2.05, 4.69) is 31.2 Å². The van der Waals surface area contributed by atoms with E-state index in [1.54, 1.807) is 6.07 Å². The zero-order valence-corrected chi connectivity index (χ0v) is 27.3. The third-order valence-corrected chi connectivity index (χ3v) is 9.92. The largest absolute Gasteiger partial charge is 0.417 e. The standard InChI is InChI=1S/C35H52F3N5O2/c1-3-30-27(2)33-31(13-12-29-34(33)28(35(36,37)38)26-32(44)39-29)43(30)17-10-8-6-4-5-7-9-14-40-18-20-41(21-19-40)15-11-16-42-22-24-45-25-23-42/h12-13,26H,3-11,14-25H2,1-2H3,(H,39,44). The number of halogens is 3. The number of pyridine rings is 1. The van der Waals surface area contributed by atoms with Crippen LogP contribution < -0.4 is 5.56 Å². The fourth-order valence-electron chi connectivity index (χ4n) is 7.45. The lowest BCUT2D eigenvalue weighted by Gasteiger charge is -2.35. The molecule has 2 aliphatic heterocycles. The molecule has 0 aliphatic carbocycles. The molecule has 250 valence electrons. The molecule has 45 heavy (non-hydrogen) atoms. The zero-order chi connectivity index (χ0) is 31.8. The van der Waals surface area contributed by atoms with Crippen LogP contribution in [0.5, 0.6) is 0 Å². The lowest BCUT2D eigenvalue weighted by molar-refractivity contribution is -0.136. The summed E-state index contributed by atoms with van der Waals surface area (Å²) < 4.78 is 49.6. The molecule has 0 amide bonds. The Bertz CT molecular complexity index is 1440. The number of benzene rings is 1. The van der Waals surface area contributed by atoms with E-state index in [0.29, 0.717) is 11.5 Å². The zero-order valence-electron chi connectivity index (χ0n) is 27.3. The summed E-state index contributed by atoms with van der Waals surface area (Å²) in [5, 5.41) is 0.713. The minimum atomic E-state index is -4.60. The van der Waals surface area contributed by atoms with Crippen molar-refractivity contribution < 1.29 is 17.9 Å². The average Bonchev–Trinajstić information content (AvgIpc) is 3.30. The molecule has 0 unspecified atom stereocenters. The maximum absolute atomic E-state index is 14.0. The predicted molar refractivity (Wildman–Crippen MR) is 176 cm³/mol. The highest BCUT2D eigenvalue weighted by Gasteiger charge is 2.35. The predicted octanol–water partition coefficient (Wildman–Crippen LogP) is 6.44. The van der Waals surface area contributed by atoms with Gasteiger partial charge in [0.2, 0.25) is 5.56 Å². The number of hydrogen-bond acceptors (Lipinski definition) is 5. The van der Waals surface area contributed by atoms with Gasteiger partial charge in [0.25, 0.3) is 0 Å². The van der Waals surface area contributed by atoms with Gasteiger partial charge in [-0.2, -0.15) is 13.2 Å². The summed E-state index contributed by atoms with van der Waals surface area (Å²) in [4.78, 5) is 22.4. The maximum Gasteiger partial charge on any atom is 0.417 e. The van der Waals surface area contributed by atoms with E-state index < -0.39 is 17.3 Å². The number of fused-ring (bicyclic) bond motifs is 3. The van der Waals surface area contributed by atoms with Crippen molar-refractivity contribution >= 4 is 21.8 Å². The average molecular weight is 632 g/mol. The smallest absolute Gasteiger partial charge is 0.379 e. The number of unbranched alkanes of at least 4 members (excludes halogenated alkanes) is 6. The number of aromatic amines is 1. The molecule has 2 aromatic heterocycles. The molecule has 5 rings (SSSR count). The number of nitrogens with zero attached hydrogens (tertiary/aromatic N) is 4. The molecular formula is C35H52F3N5O2. The first-order valence-electron chi connectivity index (χ1n) is 17.3. The van der Waals surface area contributed by atoms with E-state index in [0.717, 1.165) is 68.9 Å². The van der Waals surface area contributed by atoms with E-state index in [4.69, 9.17) is 4.74 Å². The molecule has 2 fully saturated rings. The fraction of sp³-hybridized carbons (Fsp3) is 0.686. The van der Waals surface area contributed by atoms with Crippen LogP contribution in [0.3, 0.4) is 0 Å². The molecular weight excluding hydrogens is 579 g/mol. The van der Waals surface area contributed by atoms with Gasteiger partial charge in [-0.3, -0.25) is 9.69 Å². The minimum absolute atomic E-state index is 0.104. The molecule has 0 spiro atoms. The summed E-state index contributed by atoms with van der Waals surface area (Å²) in [6.45, 7) is 17.1. The summed E-state index contributed by atoms with van der Waals surface area (Å²) in [7, 11) is 0. The van der Waals surface area contributed by atoms with Crippen LogP contribution in [0.25, 0.3) is 21.8 Å². The van der Waals surface area contributed by atoms with Crippen LogP contribution in [-0.4, -0.2) is 96.4 Å². The number of nitrogens with one attached hydrogen (secondary N) is 1. The summed E-state index contributed by atoms with van der Waals surface area (Å²) in [6.07, 6.45) is 5.75. The van der Waals surface area contributed by atoms with Crippen molar-refractivity contribution in [2.75, 3.05) is 72.1 Å². The van der Waals surface area contributed by atoms with Crippen LogP contribution in [0.1, 0.15) is 75.1 Å². The van der Waals surface area contributed by atoms with Gasteiger partial charge in [-0.25, -0.2) is 0 Å². The molecule has 7 nitrogen and oxygen atoms in total. The van der Waals surface area contributed by atoms with Crippen molar-refractivity contribution in [2.45, 2.75) is 84.4 Å². The summed E-state index contributed by atoms with van der Waals surface area (Å²) in [5.74, 6) is 0. The van der Waals surface area contributed by atoms with Gasteiger partial charge >= 0.3 is 6.18 Å². The van der Waals surface area contributed by atoms with Crippen LogP contribution in [-0.2, 0) is 23.9 Å². The molecule has 2 saturated heterocycles. The molecule has 4 heterocycles. The van der Waals surface area contributed by atoms with E-state index in [9.17, 15) is 18.0 Å². The van der Waals surface area contributed by atoms with Gasteiger partial charge in [-0.15, -0.1) is 0 Å². The quantitative estimate of drug-likeness (QED) is 0.196. The van der Waals surface area contributed by atoms with Crippen molar-refractivity contribution in [3.8, 4) is 0 Å². The van der Waals surface area contributed by atoms with Crippen molar-refractivity contribution in [1.29, 1.82) is 0 Å². The number of aryl methyl sites for hydroxylation is 2. The molecule has 2 aliphatic rings. The van der Waals surface area contributed by atoms with Crippen molar-refractivity contribution in [3.63, 3.8) is 0 Å². The Morgan fingerprint density at radius 3 is 1.91 bits per heavy atom. The number of aromatic nitrogens is 2. The highest BCUT2D eigenvalue weighted by Crippen LogP contribution is 2.39. The Balaban J connectivity index is 1.00. The van der Waals surface area contributed by atoms with Crippen LogP contribution in [0, 0.1) is 6.92 Å². The highest BCUT2D eigenvalue weighted by molar-refractivity contribution is 6.09. The monoisotopic (exact) mass is 631 g/mol. The highest BCUT2D eigenvalue weighted by atomic mass is 19.4. The van der Waals surface area contributed by atoms with E-state index >= 15 is 0 Å². The Hall–Kier alpha value is -2.40. The van der Waals surface area contributed by atoms with E-state index in [-0.39, 0.29) is 10.9 Å². The van der Waals surface area contributed by atoms with Gasteiger partial charge in [-0.1, -0.05) is 39.0 Å². The summed E-state index contributed by atoms with van der Waals surface area (Å²) in [6, 6.07) is 4.18. The van der Waals surface area contributed by atoms with E-state index in [1.807, 2.05) is 13.0 Å². The Labute approximate surface area is 265 Å². The Morgan fingerprint density at radius 2 is 1.31 bits per heavy atom. The van der Waals surface area contributed by atoms with Crippen molar-refractivity contribution in [1.82, 2.24) is 24.3 Å². The number of rotatable bonds is 15. The maximum atomic E-state index is 14.0. The lowest BCUT2D eigenvalue weighted by Crippen LogP contribution is -2.47. The fourth-order valence-corrected chi connectivity index (χ4v) is 7.45.